The summed E-state index contributed by atoms with van der Waals surface area (Å²) >= 11 is 0. The van der Waals surface area contributed by atoms with Crippen molar-refractivity contribution in [3.8, 4) is 5.75 Å². The predicted molar refractivity (Wildman–Crippen MR) is 124 cm³/mol. The van der Waals surface area contributed by atoms with Crippen LogP contribution >= 0.6 is 0 Å². The Morgan fingerprint density at radius 2 is 1.61 bits per heavy atom. The number of likely N-dealkylation sites (tertiary alicyclic amines) is 1. The van der Waals surface area contributed by atoms with Crippen molar-refractivity contribution in [2.75, 3.05) is 13.7 Å². The van der Waals surface area contributed by atoms with Crippen LogP contribution in [-0.4, -0.2) is 30.6 Å². The van der Waals surface area contributed by atoms with Gasteiger partial charge in [0.2, 0.25) is 0 Å². The number of benzene rings is 3. The molecule has 0 saturated carbocycles. The average molecular weight is 413 g/mol. The van der Waals surface area contributed by atoms with Crippen LogP contribution in [0.2, 0.25) is 0 Å². The van der Waals surface area contributed by atoms with Crippen LogP contribution < -0.4 is 10.1 Å². The molecule has 31 heavy (non-hydrogen) atoms. The minimum Gasteiger partial charge on any atom is -0.497 e. The van der Waals surface area contributed by atoms with Gasteiger partial charge in [0, 0.05) is 18.5 Å². The van der Waals surface area contributed by atoms with Crippen LogP contribution in [0.5, 0.6) is 5.75 Å². The summed E-state index contributed by atoms with van der Waals surface area (Å²) in [5.41, 5.74) is 3.21. The van der Waals surface area contributed by atoms with E-state index in [1.807, 2.05) is 47.4 Å². The number of methoxy groups -OCH3 is 1. The second kappa shape index (κ2) is 9.09. The molecule has 3 aromatic carbocycles. The molecule has 1 unspecified atom stereocenters. The van der Waals surface area contributed by atoms with E-state index in [2.05, 4.69) is 60.4 Å². The van der Waals surface area contributed by atoms with Crippen LogP contribution in [0.15, 0.2) is 97.6 Å². The van der Waals surface area contributed by atoms with Crippen molar-refractivity contribution >= 4 is 6.03 Å². The van der Waals surface area contributed by atoms with E-state index >= 15 is 0 Å². The van der Waals surface area contributed by atoms with Gasteiger partial charge >= 0.3 is 6.03 Å². The van der Waals surface area contributed by atoms with Crippen molar-refractivity contribution in [3.05, 3.63) is 114 Å². The van der Waals surface area contributed by atoms with Crippen molar-refractivity contribution in [3.63, 3.8) is 0 Å². The number of nitrogens with one attached hydrogen (secondary N) is 1. The standard InChI is InChI=1S/C27H28N2O2/c1-3-24-18-27(22-10-6-4-7-11-22,23-12-8-5-9-13-23)20-29(24)26(30)28-19-21-14-16-25(31-2)17-15-21/h3-17,24H,1,18-20H2,2H3,(H,28,30). The Hall–Kier alpha value is -3.53. The molecule has 0 radical (unpaired) electrons. The van der Waals surface area contributed by atoms with Crippen molar-refractivity contribution in [2.45, 2.75) is 24.4 Å². The summed E-state index contributed by atoms with van der Waals surface area (Å²) in [6.45, 7) is 5.10. The van der Waals surface area contributed by atoms with Crippen LogP contribution in [0.25, 0.3) is 0 Å². The van der Waals surface area contributed by atoms with Crippen LogP contribution in [0.4, 0.5) is 4.79 Å². The Balaban J connectivity index is 1.58. The smallest absolute Gasteiger partial charge is 0.318 e. The van der Waals surface area contributed by atoms with Crippen LogP contribution in [0, 0.1) is 0 Å². The molecule has 4 heteroatoms. The van der Waals surface area contributed by atoms with Gasteiger partial charge in [0.15, 0.2) is 0 Å². The maximum atomic E-state index is 13.2. The molecule has 2 amide bonds. The van der Waals surface area contributed by atoms with Crippen LogP contribution in [-0.2, 0) is 12.0 Å². The number of urea groups is 1. The number of hydrogen-bond acceptors (Lipinski definition) is 2. The molecule has 1 heterocycles. The predicted octanol–water partition coefficient (Wildman–Crippen LogP) is 5.15. The molecule has 3 aromatic rings. The fraction of sp³-hybridized carbons (Fsp3) is 0.222. The molecular weight excluding hydrogens is 384 g/mol. The Bertz CT molecular complexity index is 977. The zero-order valence-electron chi connectivity index (χ0n) is 17.8. The fourth-order valence-corrected chi connectivity index (χ4v) is 4.49. The molecule has 0 bridgehead atoms. The number of carbonyl (C=O) groups excluding carboxylic acids is 1. The first-order valence-electron chi connectivity index (χ1n) is 10.6. The SMILES string of the molecule is C=CC1CC(c2ccccc2)(c2ccccc2)CN1C(=O)NCc1ccc(OC)cc1. The number of hydrogen-bond donors (Lipinski definition) is 1. The van der Waals surface area contributed by atoms with Gasteiger partial charge in [-0.25, -0.2) is 4.79 Å². The largest absolute Gasteiger partial charge is 0.497 e. The Morgan fingerprint density at radius 1 is 1.03 bits per heavy atom. The molecule has 4 nitrogen and oxygen atoms in total. The van der Waals surface area contributed by atoms with Gasteiger partial charge in [-0.15, -0.1) is 6.58 Å². The van der Waals surface area contributed by atoms with Gasteiger partial charge in [-0.05, 0) is 35.2 Å². The van der Waals surface area contributed by atoms with Gasteiger partial charge in [-0.3, -0.25) is 0 Å². The highest BCUT2D eigenvalue weighted by Crippen LogP contribution is 2.43. The van der Waals surface area contributed by atoms with Crippen molar-refractivity contribution in [1.29, 1.82) is 0 Å². The van der Waals surface area contributed by atoms with E-state index in [4.69, 9.17) is 4.74 Å². The molecule has 4 rings (SSSR count). The van der Waals surface area contributed by atoms with Gasteiger partial charge in [0.25, 0.3) is 0 Å². The molecule has 158 valence electrons. The van der Waals surface area contributed by atoms with Crippen molar-refractivity contribution < 1.29 is 9.53 Å². The van der Waals surface area contributed by atoms with Crippen LogP contribution in [0.3, 0.4) is 0 Å². The third kappa shape index (κ3) is 4.19. The lowest BCUT2D eigenvalue weighted by Crippen LogP contribution is -2.43. The van der Waals surface area contributed by atoms with E-state index in [-0.39, 0.29) is 17.5 Å². The van der Waals surface area contributed by atoms with E-state index in [1.165, 1.54) is 11.1 Å². The lowest BCUT2D eigenvalue weighted by molar-refractivity contribution is 0.198. The number of carbonyl (C=O) groups is 1. The molecule has 1 aliphatic heterocycles. The molecule has 1 N–H and O–H groups in total. The van der Waals surface area contributed by atoms with Gasteiger partial charge < -0.3 is 15.0 Å². The third-order valence-corrected chi connectivity index (χ3v) is 6.19. The lowest BCUT2D eigenvalue weighted by atomic mass is 9.73. The monoisotopic (exact) mass is 412 g/mol. The lowest BCUT2D eigenvalue weighted by Gasteiger charge is -2.30. The zero-order chi connectivity index (χ0) is 21.7. The maximum Gasteiger partial charge on any atom is 0.318 e. The highest BCUT2D eigenvalue weighted by molar-refractivity contribution is 5.76. The van der Waals surface area contributed by atoms with Gasteiger partial charge in [0.05, 0.1) is 13.2 Å². The molecule has 1 saturated heterocycles. The molecule has 0 aliphatic carbocycles. The summed E-state index contributed by atoms with van der Waals surface area (Å²) in [5.74, 6) is 0.803. The Labute approximate surface area is 184 Å². The van der Waals surface area contributed by atoms with Crippen LogP contribution in [0.1, 0.15) is 23.1 Å². The first kappa shape index (κ1) is 20.7. The van der Waals surface area contributed by atoms with E-state index in [0.29, 0.717) is 13.1 Å². The van der Waals surface area contributed by atoms with Gasteiger partial charge in [-0.1, -0.05) is 78.9 Å². The summed E-state index contributed by atoms with van der Waals surface area (Å²) in [6.07, 6.45) is 2.70. The number of rotatable bonds is 6. The average Bonchev–Trinajstić information content (AvgIpc) is 3.25. The summed E-state index contributed by atoms with van der Waals surface area (Å²) < 4.78 is 5.20. The summed E-state index contributed by atoms with van der Waals surface area (Å²) in [6, 6.07) is 28.6. The van der Waals surface area contributed by atoms with E-state index in [0.717, 1.165) is 17.7 Å². The first-order valence-corrected chi connectivity index (χ1v) is 10.6. The first-order chi connectivity index (χ1) is 15.2. The summed E-state index contributed by atoms with van der Waals surface area (Å²) in [4.78, 5) is 15.1. The minimum absolute atomic E-state index is 0.0451. The molecule has 1 aliphatic rings. The Kier molecular flexibility index (Phi) is 6.08. The zero-order valence-corrected chi connectivity index (χ0v) is 17.8. The van der Waals surface area contributed by atoms with E-state index < -0.39 is 0 Å². The summed E-state index contributed by atoms with van der Waals surface area (Å²) in [7, 11) is 1.64. The fourth-order valence-electron chi connectivity index (χ4n) is 4.49. The molecule has 0 aromatic heterocycles. The minimum atomic E-state index is -0.265. The second-order valence-corrected chi connectivity index (χ2v) is 7.96. The topological polar surface area (TPSA) is 41.6 Å². The number of nitrogens with zero attached hydrogens (tertiary/aromatic N) is 1. The number of ether oxygens (including phenoxy) is 1. The Morgan fingerprint density at radius 3 is 2.13 bits per heavy atom. The van der Waals surface area contributed by atoms with E-state index in [9.17, 15) is 4.79 Å². The highest BCUT2D eigenvalue weighted by Gasteiger charge is 2.47. The maximum absolute atomic E-state index is 13.2. The summed E-state index contributed by atoms with van der Waals surface area (Å²) in [5, 5.41) is 3.08. The molecule has 0 spiro atoms. The third-order valence-electron chi connectivity index (χ3n) is 6.19. The quantitative estimate of drug-likeness (QED) is 0.569. The second-order valence-electron chi connectivity index (χ2n) is 7.96. The normalized spacial score (nSPS) is 17.2. The van der Waals surface area contributed by atoms with Gasteiger partial charge in [-0.2, -0.15) is 0 Å². The molecule has 1 fully saturated rings. The van der Waals surface area contributed by atoms with Crippen molar-refractivity contribution in [1.82, 2.24) is 10.2 Å². The molecular formula is C27H28N2O2. The molecule has 1 atom stereocenters. The van der Waals surface area contributed by atoms with E-state index in [1.54, 1.807) is 7.11 Å². The van der Waals surface area contributed by atoms with Gasteiger partial charge in [0.1, 0.15) is 5.75 Å². The number of amides is 2. The highest BCUT2D eigenvalue weighted by atomic mass is 16.5. The van der Waals surface area contributed by atoms with Crippen molar-refractivity contribution in [2.24, 2.45) is 0 Å².